The molecule has 1 aromatic carbocycles. The van der Waals surface area contributed by atoms with Crippen molar-refractivity contribution in [3.63, 3.8) is 0 Å². The number of hydrogen-bond donors (Lipinski definition) is 0. The van der Waals surface area contributed by atoms with Crippen LogP contribution in [0.1, 0.15) is 5.56 Å². The fourth-order valence-corrected chi connectivity index (χ4v) is 0.659. The maximum absolute atomic E-state index is 5.61. The molecule has 0 heterocycles. The molecule has 0 saturated carbocycles. The summed E-state index contributed by atoms with van der Waals surface area (Å²) in [5, 5.41) is 0.996. The third-order valence-electron chi connectivity index (χ3n) is 1.01. The first-order valence-electron chi connectivity index (χ1n) is 3.04. The van der Waals surface area contributed by atoms with E-state index in [1.54, 1.807) is 0 Å². The highest BCUT2D eigenvalue weighted by Crippen LogP contribution is 2.07. The van der Waals surface area contributed by atoms with Crippen LogP contribution in [0.2, 0.25) is 5.02 Å². The van der Waals surface area contributed by atoms with Gasteiger partial charge in [0, 0.05) is 5.02 Å². The lowest BCUT2D eigenvalue weighted by molar-refractivity contribution is 1.48. The second kappa shape index (κ2) is 6.78. The third kappa shape index (κ3) is 6.49. The van der Waals surface area contributed by atoms with Crippen molar-refractivity contribution in [3.05, 3.63) is 34.9 Å². The molecule has 0 N–H and O–H groups in total. The highest BCUT2D eigenvalue weighted by atomic mass is 35.5. The molecule has 1 rings (SSSR count). The van der Waals surface area contributed by atoms with Crippen molar-refractivity contribution in [2.45, 2.75) is 6.92 Å². The van der Waals surface area contributed by atoms with Crippen LogP contribution >= 0.6 is 34.8 Å². The Bertz CT molecular complexity index is 160. The predicted octanol–water partition coefficient (Wildman–Crippen LogP) is 4.07. The standard InChI is InChI=1S/C7H7Cl.CH2Cl2/c1-6-2-4-7(8)5-3-6;2-1-3/h2-5H,1H3;1H2. The number of aryl methyl sites for hydroxylation is 1. The van der Waals surface area contributed by atoms with E-state index in [2.05, 4.69) is 0 Å². The number of benzene rings is 1. The van der Waals surface area contributed by atoms with E-state index >= 15 is 0 Å². The Morgan fingerprint density at radius 3 is 1.73 bits per heavy atom. The summed E-state index contributed by atoms with van der Waals surface area (Å²) in [4.78, 5) is 0. The highest BCUT2D eigenvalue weighted by molar-refractivity contribution is 6.40. The average molecular weight is 212 g/mol. The van der Waals surface area contributed by atoms with Crippen LogP contribution < -0.4 is 0 Å². The average Bonchev–Trinajstić information content (AvgIpc) is 1.97. The van der Waals surface area contributed by atoms with Gasteiger partial charge in [-0.05, 0) is 19.1 Å². The van der Waals surface area contributed by atoms with Gasteiger partial charge in [0.1, 0.15) is 0 Å². The van der Waals surface area contributed by atoms with E-state index < -0.39 is 0 Å². The van der Waals surface area contributed by atoms with Gasteiger partial charge in [-0.1, -0.05) is 29.3 Å². The lowest BCUT2D eigenvalue weighted by atomic mass is 10.2. The molecule has 0 aromatic heterocycles. The Balaban J connectivity index is 0.000000292. The third-order valence-corrected chi connectivity index (χ3v) is 1.26. The number of alkyl halides is 2. The SMILES string of the molecule is Cc1ccc(Cl)cc1.ClCCl. The van der Waals surface area contributed by atoms with Crippen molar-refractivity contribution in [1.82, 2.24) is 0 Å². The lowest BCUT2D eigenvalue weighted by Crippen LogP contribution is -1.66. The molecule has 0 aliphatic rings. The van der Waals surface area contributed by atoms with E-state index in [1.807, 2.05) is 31.2 Å². The molecule has 0 aliphatic carbocycles. The van der Waals surface area contributed by atoms with Gasteiger partial charge in [0.15, 0.2) is 0 Å². The molecule has 0 fully saturated rings. The van der Waals surface area contributed by atoms with Crippen LogP contribution in [0.4, 0.5) is 0 Å². The predicted molar refractivity (Wildman–Crippen MR) is 52.8 cm³/mol. The summed E-state index contributed by atoms with van der Waals surface area (Å²) in [5.74, 6) is 0. The van der Waals surface area contributed by atoms with Crippen molar-refractivity contribution in [3.8, 4) is 0 Å². The van der Waals surface area contributed by atoms with Gasteiger partial charge in [0.25, 0.3) is 0 Å². The van der Waals surface area contributed by atoms with Crippen LogP contribution in [-0.4, -0.2) is 5.34 Å². The molecule has 0 saturated heterocycles. The fourth-order valence-electron chi connectivity index (χ4n) is 0.533. The normalized spacial score (nSPS) is 8.36. The quantitative estimate of drug-likeness (QED) is 0.568. The van der Waals surface area contributed by atoms with E-state index in [4.69, 9.17) is 34.8 Å². The largest absolute Gasteiger partial charge is 0.109 e. The monoisotopic (exact) mass is 210 g/mol. The summed E-state index contributed by atoms with van der Waals surface area (Å²) in [5.41, 5.74) is 1.24. The molecule has 0 spiro atoms. The zero-order valence-corrected chi connectivity index (χ0v) is 8.42. The Morgan fingerprint density at radius 1 is 1.09 bits per heavy atom. The molecule has 0 radical (unpaired) electrons. The summed E-state index contributed by atoms with van der Waals surface area (Å²) < 4.78 is 0. The molecule has 0 bridgehead atoms. The molecule has 1 aromatic rings. The Labute approximate surface area is 82.1 Å². The van der Waals surface area contributed by atoms with Crippen LogP contribution in [0.3, 0.4) is 0 Å². The number of hydrogen-bond acceptors (Lipinski definition) is 0. The summed E-state index contributed by atoms with van der Waals surface area (Å²) >= 11 is 15.1. The smallest absolute Gasteiger partial charge is 0.0967 e. The molecule has 3 heteroatoms. The molecule has 0 unspecified atom stereocenters. The van der Waals surface area contributed by atoms with Gasteiger partial charge in [-0.3, -0.25) is 0 Å². The maximum Gasteiger partial charge on any atom is 0.0967 e. The molecule has 62 valence electrons. The van der Waals surface area contributed by atoms with E-state index in [0.29, 0.717) is 0 Å². The van der Waals surface area contributed by atoms with E-state index in [-0.39, 0.29) is 5.34 Å². The highest BCUT2D eigenvalue weighted by Gasteiger charge is 1.81. The Kier molecular flexibility index (Phi) is 6.83. The molecule has 0 amide bonds. The van der Waals surface area contributed by atoms with Crippen LogP contribution in [-0.2, 0) is 0 Å². The lowest BCUT2D eigenvalue weighted by Gasteiger charge is -1.88. The first-order valence-corrected chi connectivity index (χ1v) is 4.49. The van der Waals surface area contributed by atoms with Gasteiger partial charge >= 0.3 is 0 Å². The second-order valence-electron chi connectivity index (χ2n) is 1.90. The van der Waals surface area contributed by atoms with E-state index in [9.17, 15) is 0 Å². The Morgan fingerprint density at radius 2 is 1.45 bits per heavy atom. The van der Waals surface area contributed by atoms with Crippen LogP contribution in [0.15, 0.2) is 24.3 Å². The van der Waals surface area contributed by atoms with E-state index in [1.165, 1.54) is 5.56 Å². The van der Waals surface area contributed by atoms with Gasteiger partial charge in [0.05, 0.1) is 5.34 Å². The molecule has 0 atom stereocenters. The zero-order valence-electron chi connectivity index (χ0n) is 6.15. The molecule has 0 aliphatic heterocycles. The molecular formula is C8H9Cl3. The van der Waals surface area contributed by atoms with Gasteiger partial charge in [-0.2, -0.15) is 0 Å². The van der Waals surface area contributed by atoms with Crippen molar-refractivity contribution in [1.29, 1.82) is 0 Å². The second-order valence-corrected chi connectivity index (χ2v) is 3.14. The summed E-state index contributed by atoms with van der Waals surface area (Å²) in [6.07, 6.45) is 0. The Hall–Kier alpha value is 0.0900. The van der Waals surface area contributed by atoms with E-state index in [0.717, 1.165) is 5.02 Å². The minimum atomic E-state index is 0.194. The van der Waals surface area contributed by atoms with Crippen LogP contribution in [0, 0.1) is 6.92 Å². The van der Waals surface area contributed by atoms with Crippen molar-refractivity contribution in [2.24, 2.45) is 0 Å². The van der Waals surface area contributed by atoms with Gasteiger partial charge < -0.3 is 0 Å². The minimum Gasteiger partial charge on any atom is -0.109 e. The summed E-state index contributed by atoms with van der Waals surface area (Å²) in [6, 6.07) is 7.75. The van der Waals surface area contributed by atoms with Gasteiger partial charge in [-0.25, -0.2) is 0 Å². The molecular weight excluding hydrogens is 202 g/mol. The van der Waals surface area contributed by atoms with Gasteiger partial charge in [0.2, 0.25) is 0 Å². The maximum atomic E-state index is 5.61. The fraction of sp³-hybridized carbons (Fsp3) is 0.250. The van der Waals surface area contributed by atoms with Crippen molar-refractivity contribution in [2.75, 3.05) is 5.34 Å². The summed E-state index contributed by atoms with van der Waals surface area (Å²) in [6.45, 7) is 2.04. The topological polar surface area (TPSA) is 0 Å². The van der Waals surface area contributed by atoms with Crippen molar-refractivity contribution >= 4 is 34.8 Å². The number of halogens is 3. The zero-order chi connectivity index (χ0) is 8.69. The molecule has 11 heavy (non-hydrogen) atoms. The first-order chi connectivity index (χ1) is 5.20. The first kappa shape index (κ1) is 11.1. The van der Waals surface area contributed by atoms with Crippen molar-refractivity contribution < 1.29 is 0 Å². The van der Waals surface area contributed by atoms with Crippen LogP contribution in [0.25, 0.3) is 0 Å². The molecule has 0 nitrogen and oxygen atoms in total. The van der Waals surface area contributed by atoms with Crippen LogP contribution in [0.5, 0.6) is 0 Å². The number of rotatable bonds is 0. The summed E-state index contributed by atoms with van der Waals surface area (Å²) in [7, 11) is 0. The minimum absolute atomic E-state index is 0.194. The van der Waals surface area contributed by atoms with Gasteiger partial charge in [-0.15, -0.1) is 23.2 Å².